The van der Waals surface area contributed by atoms with Gasteiger partial charge in [-0.2, -0.15) is 26.3 Å². The minimum Gasteiger partial charge on any atom is -0.465 e. The minimum absolute atomic E-state index is 0. The highest BCUT2D eigenvalue weighted by Crippen LogP contribution is 2.72. The van der Waals surface area contributed by atoms with Gasteiger partial charge in [0.1, 0.15) is 0 Å². The lowest BCUT2D eigenvalue weighted by molar-refractivity contribution is -0.201. The van der Waals surface area contributed by atoms with E-state index in [-0.39, 0.29) is 48.3 Å². The molecule has 10 rings (SSSR count). The number of halogens is 7. The van der Waals surface area contributed by atoms with Crippen LogP contribution in [0.5, 0.6) is 0 Å². The Morgan fingerprint density at radius 1 is 0.768 bits per heavy atom. The van der Waals surface area contributed by atoms with Crippen molar-refractivity contribution in [3.63, 3.8) is 0 Å². The molecule has 2 atom stereocenters. The van der Waals surface area contributed by atoms with Crippen molar-refractivity contribution in [1.29, 1.82) is 0 Å². The molecule has 6 aliphatic rings. The van der Waals surface area contributed by atoms with Crippen LogP contribution in [0.25, 0.3) is 21.8 Å². The fourth-order valence-electron chi connectivity index (χ4n) is 10.2. The average molecular weight is 861 g/mol. The molecule has 332 valence electrons. The first-order valence-electron chi connectivity index (χ1n) is 29.6. The van der Waals surface area contributed by atoms with Crippen LogP contribution in [-0.4, -0.2) is 65.3 Å². The Morgan fingerprint density at radius 3 is 1.45 bits per heavy atom. The van der Waals surface area contributed by atoms with Crippen LogP contribution in [0.4, 0.5) is 26.3 Å². The molecule has 0 saturated heterocycles. The molecule has 15 heteroatoms. The van der Waals surface area contributed by atoms with Crippen molar-refractivity contribution in [3.8, 4) is 0 Å². The predicted octanol–water partition coefficient (Wildman–Crippen LogP) is 12.9. The third-order valence-corrected chi connectivity index (χ3v) is 12.9. The number of carbonyl (C=O) groups excluding carboxylic acids is 2. The van der Waals surface area contributed by atoms with Crippen LogP contribution in [0.3, 0.4) is 0 Å². The summed E-state index contributed by atoms with van der Waals surface area (Å²) in [5.41, 5.74) is 11.4. The molecule has 4 bridgehead atoms. The van der Waals surface area contributed by atoms with Gasteiger partial charge in [0.15, 0.2) is 0 Å². The maximum Gasteiger partial charge on any atom is 0.401 e. The smallest absolute Gasteiger partial charge is 0.401 e. The molecule has 8 nitrogen and oxygen atoms in total. The molecule has 6 aliphatic carbocycles. The van der Waals surface area contributed by atoms with Gasteiger partial charge in [-0.25, -0.2) is 9.59 Å². The number of nitrogens with zero attached hydrogens (tertiary/aromatic N) is 2. The van der Waals surface area contributed by atoms with Crippen LogP contribution < -0.4 is 11.1 Å². The minimum atomic E-state index is -4.18. The summed E-state index contributed by atoms with van der Waals surface area (Å²) in [6, 6.07) is 16.2. The summed E-state index contributed by atoms with van der Waals surface area (Å²) in [5.74, 6) is -0.622. The number of benzene rings is 2. The molecule has 2 aromatic carbocycles. The van der Waals surface area contributed by atoms with E-state index in [1.54, 1.807) is 0 Å². The number of fused-ring (bicyclic) bond motifs is 2. The van der Waals surface area contributed by atoms with Crippen molar-refractivity contribution in [2.45, 2.75) is 115 Å². The number of alkyl halides is 6. The summed E-state index contributed by atoms with van der Waals surface area (Å²) < 4.78 is 194. The van der Waals surface area contributed by atoms with Gasteiger partial charge in [0.2, 0.25) is 0 Å². The van der Waals surface area contributed by atoms with Crippen molar-refractivity contribution in [1.82, 2.24) is 14.5 Å². The molecule has 6 saturated carbocycles. The fourth-order valence-corrected chi connectivity index (χ4v) is 10.2. The lowest BCUT2D eigenvalue weighted by atomic mass is 9.37. The zero-order valence-corrected chi connectivity index (χ0v) is 33.5. The number of hydrogen-bond donors (Lipinski definition) is 2. The van der Waals surface area contributed by atoms with Crippen LogP contribution >= 0.6 is 12.4 Å². The second kappa shape index (κ2) is 14.9. The van der Waals surface area contributed by atoms with E-state index in [1.165, 1.54) is 14.2 Å². The van der Waals surface area contributed by atoms with Gasteiger partial charge in [0.05, 0.1) is 31.9 Å². The van der Waals surface area contributed by atoms with Gasteiger partial charge in [0, 0.05) is 96.9 Å². The van der Waals surface area contributed by atoms with Crippen LogP contribution in [0.15, 0.2) is 48.5 Å². The zero-order valence-electron chi connectivity index (χ0n) is 54.7. The third kappa shape index (κ3) is 7.41. The van der Waals surface area contributed by atoms with E-state index in [4.69, 9.17) is 47.9 Å². The highest BCUT2D eigenvalue weighted by atomic mass is 35.5. The normalized spacial score (nSPS) is 28.2. The third-order valence-electron chi connectivity index (χ3n) is 12.9. The molecule has 6 fully saturated rings. The lowest BCUT2D eigenvalue weighted by Gasteiger charge is -2.73. The number of hydrogen-bond acceptors (Lipinski definition) is 6. The number of rotatable bonds is 8. The number of ether oxygens (including phenoxy) is 2. The molecule has 0 spiro atoms. The molecular weight excluding hydrogens is 762 g/mol. The Morgan fingerprint density at radius 2 is 1.12 bits per heavy atom. The molecule has 0 radical (unpaired) electrons. The highest BCUT2D eigenvalue weighted by Gasteiger charge is 2.70. The highest BCUT2D eigenvalue weighted by molar-refractivity contribution is 6.06. The molecule has 0 unspecified atom stereocenters. The standard InChI is InChI=1S/C20H23F3N2O2.C18H22N2O2.C3H5F3.ClH.12H2/c1-12-16(17(26)27-3)14-6-4-5-7-15(14)25(12)13(2)18-8-19(9-18,10-18)24-11-20(21,22)23;1-11-15(16(21)22-3)13-6-4-5-7-14(13)20(11)12(2)17-8-18(19,9-17)10-17;1-2-3(4,5)6;;;;;;;;;;;;;/h4-7,13,24H,8-11H2,1-3H3;4-7,12H,8-10,19H2,1-3H3;2H2,1H3;13*1H/t13-,18?,19?;12-,17?,18?;;;;;;;;;;;;;;/m11............../s1/i;;;;11*1+1D;1+1. The topological polar surface area (TPSA) is 101 Å². The number of nitrogens with two attached hydrogens (primary N) is 1. The maximum atomic E-state index is 12.5. The van der Waals surface area contributed by atoms with Gasteiger partial charge in [-0.3, -0.25) is 0 Å². The van der Waals surface area contributed by atoms with Gasteiger partial charge in [-0.1, -0.05) is 43.3 Å². The van der Waals surface area contributed by atoms with Gasteiger partial charge in [0.25, 0.3) is 0 Å². The second-order valence-electron chi connectivity index (χ2n) is 16.4. The molecular formula is C41H75ClF6N4O4. The average Bonchev–Trinajstić information content (AvgIpc) is 3.91. The first-order chi connectivity index (χ1) is 36.6. The van der Waals surface area contributed by atoms with E-state index < -0.39 is 25.3 Å². The van der Waals surface area contributed by atoms with E-state index in [0.29, 0.717) is 22.6 Å². The molecule has 3 N–H and O–H groups in total. The SMILES string of the molecule is CCC(F)(F)F.COC(=O)c1c(C)n([C@H](C)C23CC(N)(C2)C3)c2ccccc12.COC(=O)c1c(C)n([C@H](C)C23CC(NCC(F)(F)F)(C2)C3)c2ccccc12.Cl.[2HH].[2H][2H].[2H][2H].[2H][2H].[2H][2H].[2H][2H].[2H][2H].[2H][2H].[2H][2H].[2H][2H].[2H][2H].[2H][2H]. The van der Waals surface area contributed by atoms with Crippen LogP contribution in [-0.2, 0) is 9.47 Å². The Hall–Kier alpha value is -3.75. The summed E-state index contributed by atoms with van der Waals surface area (Å²) in [6.45, 7) is 8.44. The van der Waals surface area contributed by atoms with Crippen LogP contribution in [0, 0.1) is 24.7 Å². The Balaban J connectivity index is -0.000000145. The first-order valence-corrected chi connectivity index (χ1v) is 18.6. The van der Waals surface area contributed by atoms with E-state index in [9.17, 15) is 35.9 Å². The van der Waals surface area contributed by atoms with Crippen molar-refractivity contribution in [2.24, 2.45) is 16.6 Å². The van der Waals surface area contributed by atoms with Crippen molar-refractivity contribution < 1.29 is 79.5 Å². The molecule has 2 aromatic heterocycles. The molecule has 0 amide bonds. The first kappa shape index (κ1) is 30.3. The monoisotopic (exact) mass is 860 g/mol. The fraction of sp³-hybridized carbons (Fsp3) is 0.561. The van der Waals surface area contributed by atoms with Gasteiger partial charge in [-0.05, 0) is 89.2 Å². The van der Waals surface area contributed by atoms with E-state index in [1.807, 2.05) is 56.3 Å². The van der Waals surface area contributed by atoms with Crippen LogP contribution in [0.1, 0.15) is 144 Å². The quantitative estimate of drug-likeness (QED) is 0.135. The molecule has 2 heterocycles. The number of esters is 2. The molecule has 0 aliphatic heterocycles. The number of carbonyl (C=O) groups is 2. The Bertz CT molecular complexity index is 2150. The predicted molar refractivity (Wildman–Crippen MR) is 231 cm³/mol. The summed E-state index contributed by atoms with van der Waals surface area (Å²) in [7, 11) is 2.81. The summed E-state index contributed by atoms with van der Waals surface area (Å²) >= 11 is 0. The largest absolute Gasteiger partial charge is 0.465 e. The number of aromatic nitrogens is 2. The summed E-state index contributed by atoms with van der Waals surface area (Å²) in [6.07, 6.45) is -3.38. The zero-order chi connectivity index (χ0) is 62.5. The van der Waals surface area contributed by atoms with E-state index in [2.05, 4.69) is 34.4 Å². The maximum absolute atomic E-state index is 12.5. The van der Waals surface area contributed by atoms with Crippen molar-refractivity contribution in [3.05, 3.63) is 71.0 Å². The van der Waals surface area contributed by atoms with Gasteiger partial charge < -0.3 is 29.7 Å². The Kier molecular flexibility index (Phi) is 8.06. The van der Waals surface area contributed by atoms with Gasteiger partial charge in [-0.15, -0.1) is 12.4 Å². The van der Waals surface area contributed by atoms with E-state index >= 15 is 0 Å². The second-order valence-corrected chi connectivity index (χ2v) is 16.4. The van der Waals surface area contributed by atoms with E-state index in [0.717, 1.165) is 78.6 Å². The van der Waals surface area contributed by atoms with Crippen LogP contribution in [0.2, 0.25) is 0 Å². The lowest BCUT2D eigenvalue weighted by Crippen LogP contribution is -2.76. The Labute approximate surface area is 364 Å². The molecule has 4 aromatic rings. The number of para-hydroxylation sites is 2. The molecule has 56 heavy (non-hydrogen) atoms. The number of nitrogens with one attached hydrogen (secondary N) is 1. The van der Waals surface area contributed by atoms with Crippen molar-refractivity contribution in [2.75, 3.05) is 20.8 Å². The number of methoxy groups -OCH3 is 2. The van der Waals surface area contributed by atoms with Gasteiger partial charge >= 0.3 is 24.3 Å². The van der Waals surface area contributed by atoms with Crippen molar-refractivity contribution >= 4 is 46.2 Å². The summed E-state index contributed by atoms with van der Waals surface area (Å²) in [5, 5.41) is 4.54. The summed E-state index contributed by atoms with van der Waals surface area (Å²) in [4.78, 5) is 24.5.